The molecule has 0 fully saturated rings. The third kappa shape index (κ3) is 3.84. The first-order chi connectivity index (χ1) is 9.58. The zero-order valence-corrected chi connectivity index (χ0v) is 12.7. The van der Waals surface area contributed by atoms with Crippen LogP contribution in [-0.4, -0.2) is 27.9 Å². The summed E-state index contributed by atoms with van der Waals surface area (Å²) < 4.78 is 5.64. The van der Waals surface area contributed by atoms with Gasteiger partial charge in [0.2, 0.25) is 5.89 Å². The van der Waals surface area contributed by atoms with Gasteiger partial charge in [0.1, 0.15) is 11.8 Å². The van der Waals surface area contributed by atoms with Crippen LogP contribution >= 0.6 is 23.1 Å². The topological polar surface area (TPSA) is 89.4 Å². The average Bonchev–Trinajstić information content (AvgIpc) is 3.04. The van der Waals surface area contributed by atoms with Gasteiger partial charge in [0, 0.05) is 5.75 Å². The van der Waals surface area contributed by atoms with Gasteiger partial charge >= 0.3 is 5.97 Å². The van der Waals surface area contributed by atoms with E-state index in [1.54, 1.807) is 23.1 Å². The zero-order chi connectivity index (χ0) is 14.5. The summed E-state index contributed by atoms with van der Waals surface area (Å²) in [7, 11) is 0. The third-order valence-electron chi connectivity index (χ3n) is 2.75. The van der Waals surface area contributed by atoms with Gasteiger partial charge in [-0.1, -0.05) is 6.07 Å². The van der Waals surface area contributed by atoms with Crippen molar-refractivity contribution >= 4 is 29.1 Å². The minimum absolute atomic E-state index is 0.453. The molecule has 0 saturated heterocycles. The lowest BCUT2D eigenvalue weighted by atomic mass is 10.2. The van der Waals surface area contributed by atoms with Crippen molar-refractivity contribution in [2.75, 3.05) is 5.75 Å². The van der Waals surface area contributed by atoms with E-state index in [9.17, 15) is 4.79 Å². The molecule has 2 aromatic heterocycles. The number of aromatic nitrogens is 1. The Bertz CT molecular complexity index is 566. The Morgan fingerprint density at radius 2 is 2.45 bits per heavy atom. The number of carbonyl (C=O) groups is 1. The van der Waals surface area contributed by atoms with Crippen LogP contribution in [0.2, 0.25) is 0 Å². The van der Waals surface area contributed by atoms with Gasteiger partial charge in [-0.3, -0.25) is 4.79 Å². The molecule has 3 N–H and O–H groups in total. The van der Waals surface area contributed by atoms with E-state index in [0.717, 1.165) is 16.3 Å². The van der Waals surface area contributed by atoms with Crippen molar-refractivity contribution in [1.29, 1.82) is 0 Å². The van der Waals surface area contributed by atoms with Crippen LogP contribution in [0.4, 0.5) is 0 Å². The van der Waals surface area contributed by atoms with E-state index >= 15 is 0 Å². The van der Waals surface area contributed by atoms with Crippen molar-refractivity contribution in [3.8, 4) is 10.8 Å². The van der Waals surface area contributed by atoms with E-state index in [1.165, 1.54) is 0 Å². The van der Waals surface area contributed by atoms with Crippen LogP contribution in [0.1, 0.15) is 17.9 Å². The highest BCUT2D eigenvalue weighted by atomic mass is 32.2. The highest BCUT2D eigenvalue weighted by molar-refractivity contribution is 7.98. The van der Waals surface area contributed by atoms with Gasteiger partial charge < -0.3 is 15.3 Å². The van der Waals surface area contributed by atoms with E-state index in [-0.39, 0.29) is 0 Å². The number of aryl methyl sites for hydroxylation is 1. The predicted octanol–water partition coefficient (Wildman–Crippen LogP) is 2.75. The summed E-state index contributed by atoms with van der Waals surface area (Å²) in [4.78, 5) is 16.1. The number of rotatable bonds is 7. The van der Waals surface area contributed by atoms with Gasteiger partial charge in [-0.05, 0) is 30.5 Å². The second kappa shape index (κ2) is 6.92. The Morgan fingerprint density at radius 1 is 1.65 bits per heavy atom. The summed E-state index contributed by atoms with van der Waals surface area (Å²) in [6.45, 7) is 1.89. The molecule has 1 unspecified atom stereocenters. The Kier molecular flexibility index (Phi) is 5.22. The fraction of sp³-hybridized carbons (Fsp3) is 0.385. The molecule has 0 aliphatic rings. The fourth-order valence-electron chi connectivity index (χ4n) is 1.57. The molecule has 20 heavy (non-hydrogen) atoms. The van der Waals surface area contributed by atoms with Crippen LogP contribution in [0.5, 0.6) is 0 Å². The molecule has 0 amide bonds. The summed E-state index contributed by atoms with van der Waals surface area (Å²) >= 11 is 3.20. The van der Waals surface area contributed by atoms with E-state index in [0.29, 0.717) is 23.8 Å². The minimum Gasteiger partial charge on any atom is -0.480 e. The monoisotopic (exact) mass is 312 g/mol. The summed E-state index contributed by atoms with van der Waals surface area (Å²) in [6.07, 6.45) is 0.453. The van der Waals surface area contributed by atoms with Crippen LogP contribution in [0.25, 0.3) is 10.8 Å². The van der Waals surface area contributed by atoms with Crippen molar-refractivity contribution in [3.63, 3.8) is 0 Å². The van der Waals surface area contributed by atoms with Gasteiger partial charge in [0.15, 0.2) is 0 Å². The molecule has 0 aliphatic heterocycles. The highest BCUT2D eigenvalue weighted by Gasteiger charge is 2.13. The molecular weight excluding hydrogens is 296 g/mol. The quantitative estimate of drug-likeness (QED) is 0.764. The molecule has 1 atom stereocenters. The number of nitrogens with zero attached hydrogens (tertiary/aromatic N) is 1. The normalized spacial score (nSPS) is 12.5. The second-order valence-corrected chi connectivity index (χ2v) is 6.34. The molecule has 0 saturated carbocycles. The SMILES string of the molecule is Cc1oc(-c2cccs2)nc1CSCCC(N)C(=O)O. The van der Waals surface area contributed by atoms with E-state index in [4.69, 9.17) is 15.3 Å². The maximum Gasteiger partial charge on any atom is 0.320 e. The Morgan fingerprint density at radius 3 is 3.10 bits per heavy atom. The molecule has 0 radical (unpaired) electrons. The molecule has 0 spiro atoms. The number of carboxylic acid groups (broad SMARTS) is 1. The Hall–Kier alpha value is -1.31. The number of hydrogen-bond donors (Lipinski definition) is 2. The summed E-state index contributed by atoms with van der Waals surface area (Å²) in [5, 5.41) is 10.7. The molecule has 0 bridgehead atoms. The number of nitrogens with two attached hydrogens (primary N) is 1. The predicted molar refractivity (Wildman–Crippen MR) is 80.9 cm³/mol. The first-order valence-electron chi connectivity index (χ1n) is 6.14. The standard InChI is InChI=1S/C13H16N2O3S2/c1-8-10(7-19-6-4-9(14)13(16)17)15-12(18-8)11-3-2-5-20-11/h2-3,5,9H,4,6-7,14H2,1H3,(H,16,17). The van der Waals surface area contributed by atoms with Gasteiger partial charge in [-0.25, -0.2) is 4.98 Å². The van der Waals surface area contributed by atoms with Crippen molar-refractivity contribution in [1.82, 2.24) is 4.98 Å². The lowest BCUT2D eigenvalue weighted by molar-refractivity contribution is -0.138. The first kappa shape index (κ1) is 15.1. The van der Waals surface area contributed by atoms with Crippen molar-refractivity contribution in [3.05, 3.63) is 29.0 Å². The number of thiophene rings is 1. The fourth-order valence-corrected chi connectivity index (χ4v) is 3.25. The largest absolute Gasteiger partial charge is 0.480 e. The van der Waals surface area contributed by atoms with Crippen LogP contribution in [0, 0.1) is 6.92 Å². The number of carboxylic acids is 1. The number of aliphatic carboxylic acids is 1. The van der Waals surface area contributed by atoms with E-state index < -0.39 is 12.0 Å². The smallest absolute Gasteiger partial charge is 0.320 e. The molecular formula is C13H16N2O3S2. The maximum atomic E-state index is 10.6. The zero-order valence-electron chi connectivity index (χ0n) is 11.0. The Balaban J connectivity index is 1.86. The molecule has 2 heterocycles. The number of hydrogen-bond acceptors (Lipinski definition) is 6. The van der Waals surface area contributed by atoms with Crippen LogP contribution in [-0.2, 0) is 10.5 Å². The minimum atomic E-state index is -0.955. The molecule has 5 nitrogen and oxygen atoms in total. The highest BCUT2D eigenvalue weighted by Crippen LogP contribution is 2.27. The van der Waals surface area contributed by atoms with Crippen LogP contribution in [0.15, 0.2) is 21.9 Å². The van der Waals surface area contributed by atoms with Gasteiger partial charge in [0.25, 0.3) is 0 Å². The van der Waals surface area contributed by atoms with Gasteiger partial charge in [-0.15, -0.1) is 11.3 Å². The second-order valence-electron chi connectivity index (χ2n) is 4.29. The molecule has 0 aromatic carbocycles. The van der Waals surface area contributed by atoms with E-state index in [1.807, 2.05) is 24.4 Å². The number of thioether (sulfide) groups is 1. The van der Waals surface area contributed by atoms with E-state index in [2.05, 4.69) is 4.98 Å². The van der Waals surface area contributed by atoms with Crippen LogP contribution < -0.4 is 5.73 Å². The number of oxazole rings is 1. The third-order valence-corrected chi connectivity index (χ3v) is 4.61. The molecule has 7 heteroatoms. The maximum absolute atomic E-state index is 10.6. The van der Waals surface area contributed by atoms with Gasteiger partial charge in [-0.2, -0.15) is 11.8 Å². The average molecular weight is 312 g/mol. The summed E-state index contributed by atoms with van der Waals surface area (Å²) in [5.74, 6) is 1.89. The van der Waals surface area contributed by atoms with Crippen molar-refractivity contribution in [2.45, 2.75) is 25.1 Å². The molecule has 2 rings (SSSR count). The first-order valence-corrected chi connectivity index (χ1v) is 8.17. The van der Waals surface area contributed by atoms with Crippen LogP contribution in [0.3, 0.4) is 0 Å². The molecule has 0 aliphatic carbocycles. The Labute approximate surface area is 125 Å². The molecule has 2 aromatic rings. The lowest BCUT2D eigenvalue weighted by Crippen LogP contribution is -2.30. The van der Waals surface area contributed by atoms with Crippen molar-refractivity contribution in [2.24, 2.45) is 5.73 Å². The van der Waals surface area contributed by atoms with Gasteiger partial charge in [0.05, 0.1) is 10.6 Å². The molecule has 108 valence electrons. The summed E-state index contributed by atoms with van der Waals surface area (Å²) in [6, 6.07) is 3.14. The lowest BCUT2D eigenvalue weighted by Gasteiger charge is -2.04. The van der Waals surface area contributed by atoms with Crippen molar-refractivity contribution < 1.29 is 14.3 Å². The summed E-state index contributed by atoms with van der Waals surface area (Å²) in [5.41, 5.74) is 6.35.